The van der Waals surface area contributed by atoms with Crippen molar-refractivity contribution in [3.63, 3.8) is 0 Å². The quantitative estimate of drug-likeness (QED) is 0.637. The van der Waals surface area contributed by atoms with Crippen LogP contribution in [0.3, 0.4) is 0 Å². The van der Waals surface area contributed by atoms with Crippen LogP contribution in [0.25, 0.3) is 0 Å². The monoisotopic (exact) mass is 503 g/mol. The molecule has 2 saturated carbocycles. The summed E-state index contributed by atoms with van der Waals surface area (Å²) in [5.41, 5.74) is -1.25. The van der Waals surface area contributed by atoms with Crippen LogP contribution < -0.4 is 5.32 Å². The van der Waals surface area contributed by atoms with Crippen molar-refractivity contribution in [3.8, 4) is 0 Å². The van der Waals surface area contributed by atoms with E-state index in [0.29, 0.717) is 37.3 Å². The van der Waals surface area contributed by atoms with Gasteiger partial charge in [-0.15, -0.1) is 0 Å². The molecule has 2 aliphatic heterocycles. The number of nitrogens with zero attached hydrogens (tertiary/aromatic N) is 2. The van der Waals surface area contributed by atoms with Gasteiger partial charge in [0, 0.05) is 70.0 Å². The molecule has 1 aromatic heterocycles. The molecule has 0 bridgehead atoms. The average Bonchev–Trinajstić information content (AvgIpc) is 3.26. The van der Waals surface area contributed by atoms with Crippen molar-refractivity contribution in [1.82, 2.24) is 15.2 Å². The van der Waals surface area contributed by atoms with Gasteiger partial charge >= 0.3 is 6.18 Å². The molecule has 194 valence electrons. The highest BCUT2D eigenvalue weighted by atomic mass is 19.4. The van der Waals surface area contributed by atoms with Crippen LogP contribution in [0.15, 0.2) is 12.3 Å². The Labute approximate surface area is 200 Å². The minimum atomic E-state index is -4.54. The zero-order valence-electron chi connectivity index (χ0n) is 19.5. The Morgan fingerprint density at radius 3 is 2.86 bits per heavy atom. The summed E-state index contributed by atoms with van der Waals surface area (Å²) in [4.78, 5) is 19.2. The normalized spacial score (nSPS) is 34.5. The molecule has 0 aromatic carbocycles. The Kier molecular flexibility index (Phi) is 6.32. The summed E-state index contributed by atoms with van der Waals surface area (Å²) < 4.78 is 79.7. The van der Waals surface area contributed by atoms with Crippen LogP contribution in [0.1, 0.15) is 48.9 Å². The number of aromatic nitrogens is 1. The van der Waals surface area contributed by atoms with E-state index in [1.807, 2.05) is 0 Å². The molecule has 1 amide bonds. The zero-order valence-corrected chi connectivity index (χ0v) is 19.5. The van der Waals surface area contributed by atoms with E-state index in [-0.39, 0.29) is 50.0 Å². The molecule has 1 aromatic rings. The molecule has 11 heteroatoms. The highest BCUT2D eigenvalue weighted by Gasteiger charge is 2.64. The van der Waals surface area contributed by atoms with Crippen molar-refractivity contribution in [2.75, 3.05) is 26.9 Å². The van der Waals surface area contributed by atoms with Crippen LogP contribution in [0, 0.1) is 11.3 Å². The number of carbonyl (C=O) groups excluding carboxylic acids is 1. The molecule has 3 fully saturated rings. The first-order valence-corrected chi connectivity index (χ1v) is 12.1. The second-order valence-corrected chi connectivity index (χ2v) is 10.4. The molecule has 35 heavy (non-hydrogen) atoms. The van der Waals surface area contributed by atoms with Crippen LogP contribution in [0.5, 0.6) is 0 Å². The summed E-state index contributed by atoms with van der Waals surface area (Å²) in [5, 5.41) is 3.54. The number of amides is 1. The number of fused-ring (bicyclic) bond motifs is 2. The highest BCUT2D eigenvalue weighted by Crippen LogP contribution is 2.60. The summed E-state index contributed by atoms with van der Waals surface area (Å²) >= 11 is 0. The van der Waals surface area contributed by atoms with Crippen LogP contribution >= 0.6 is 0 Å². The van der Waals surface area contributed by atoms with E-state index >= 15 is 0 Å². The Morgan fingerprint density at radius 2 is 2.11 bits per heavy atom. The van der Waals surface area contributed by atoms with Gasteiger partial charge in [-0.3, -0.25) is 9.78 Å². The van der Waals surface area contributed by atoms with Gasteiger partial charge in [0.05, 0.1) is 23.7 Å². The van der Waals surface area contributed by atoms with Gasteiger partial charge in [0.1, 0.15) is 0 Å². The number of carbonyl (C=O) groups is 1. The van der Waals surface area contributed by atoms with Gasteiger partial charge in [-0.25, -0.2) is 8.78 Å². The third-order valence-electron chi connectivity index (χ3n) is 8.22. The molecular weight excluding hydrogens is 473 g/mol. The lowest BCUT2D eigenvalue weighted by atomic mass is 9.78. The third kappa shape index (κ3) is 4.67. The molecule has 1 saturated heterocycles. The van der Waals surface area contributed by atoms with Gasteiger partial charge in [-0.2, -0.15) is 13.2 Å². The average molecular weight is 504 g/mol. The fourth-order valence-corrected chi connectivity index (χ4v) is 6.62. The van der Waals surface area contributed by atoms with E-state index in [2.05, 4.69) is 10.3 Å². The van der Waals surface area contributed by atoms with Crippen molar-refractivity contribution in [1.29, 1.82) is 0 Å². The topological polar surface area (TPSA) is 63.7 Å². The highest BCUT2D eigenvalue weighted by molar-refractivity contribution is 5.84. The lowest BCUT2D eigenvalue weighted by molar-refractivity contribution is -0.146. The van der Waals surface area contributed by atoms with Gasteiger partial charge < -0.3 is 19.7 Å². The summed E-state index contributed by atoms with van der Waals surface area (Å²) in [6.07, 6.45) is -2.98. The number of nitrogens with one attached hydrogen (secondary N) is 1. The van der Waals surface area contributed by atoms with E-state index in [1.54, 1.807) is 7.11 Å². The van der Waals surface area contributed by atoms with Gasteiger partial charge in [0.2, 0.25) is 11.8 Å². The maximum atomic E-state index is 14.6. The summed E-state index contributed by atoms with van der Waals surface area (Å²) in [6, 6.07) is 0.921. The van der Waals surface area contributed by atoms with E-state index in [0.717, 1.165) is 18.7 Å². The number of hydrogen-bond acceptors (Lipinski definition) is 5. The van der Waals surface area contributed by atoms with E-state index in [1.165, 1.54) is 4.90 Å². The molecule has 1 N–H and O–H groups in total. The number of alkyl halides is 5. The Balaban J connectivity index is 1.35. The molecule has 0 radical (unpaired) electrons. The first-order valence-electron chi connectivity index (χ1n) is 12.1. The molecule has 2 unspecified atom stereocenters. The minimum Gasteiger partial charge on any atom is -0.379 e. The van der Waals surface area contributed by atoms with Crippen molar-refractivity contribution < 1.29 is 36.2 Å². The summed E-state index contributed by atoms with van der Waals surface area (Å²) in [6.45, 7) is 1.24. The molecule has 5 rings (SSSR count). The molecular formula is C24H30F5N3O3. The van der Waals surface area contributed by atoms with E-state index < -0.39 is 35.4 Å². The second kappa shape index (κ2) is 8.92. The first-order chi connectivity index (χ1) is 16.5. The minimum absolute atomic E-state index is 0.0129. The molecule has 3 heterocycles. The molecule has 5 atom stereocenters. The number of rotatable bonds is 4. The standard InChI is InChI=1S/C24H30F5N3O3/c1-34-20-12-35-5-3-19(20)31-17-7-15-8-23(25,26)13-22(15,9-17)21(33)32-4-2-18-14(11-32)6-16(10-30-18)24(27,28)29/h6,10,15,17,19-20,31H,2-5,7-9,11-13H2,1H3/t15-,17+,19?,20?,22-/m0/s1. The van der Waals surface area contributed by atoms with Gasteiger partial charge in [-0.1, -0.05) is 0 Å². The van der Waals surface area contributed by atoms with Crippen LogP contribution in [0.4, 0.5) is 22.0 Å². The zero-order chi connectivity index (χ0) is 25.0. The molecule has 0 spiro atoms. The number of pyridine rings is 1. The van der Waals surface area contributed by atoms with Crippen LogP contribution in [-0.2, 0) is 33.4 Å². The fraction of sp³-hybridized carbons (Fsp3) is 0.750. The Morgan fingerprint density at radius 1 is 1.31 bits per heavy atom. The van der Waals surface area contributed by atoms with E-state index in [4.69, 9.17) is 9.47 Å². The predicted octanol–water partition coefficient (Wildman–Crippen LogP) is 3.57. The van der Waals surface area contributed by atoms with E-state index in [9.17, 15) is 26.7 Å². The number of methoxy groups -OCH3 is 1. The van der Waals surface area contributed by atoms with Crippen molar-refractivity contribution >= 4 is 5.91 Å². The van der Waals surface area contributed by atoms with Gasteiger partial charge in [0.15, 0.2) is 0 Å². The van der Waals surface area contributed by atoms with Gasteiger partial charge in [0.25, 0.3) is 0 Å². The summed E-state index contributed by atoms with van der Waals surface area (Å²) in [7, 11) is 1.61. The Bertz CT molecular complexity index is 974. The van der Waals surface area contributed by atoms with Crippen LogP contribution in [-0.4, -0.2) is 66.8 Å². The Hall–Kier alpha value is -1.85. The number of halogens is 5. The number of hydrogen-bond donors (Lipinski definition) is 1. The van der Waals surface area contributed by atoms with Crippen LogP contribution in [0.2, 0.25) is 0 Å². The molecule has 2 aliphatic carbocycles. The SMILES string of the molecule is COC1COCCC1N[C@@H]1C[C@H]2CC(F)(F)C[C@@]2(C(=O)N2CCc3ncc(C(F)(F)F)cc3C2)C1. The number of ether oxygens (including phenoxy) is 2. The molecule has 6 nitrogen and oxygen atoms in total. The van der Waals surface area contributed by atoms with Crippen molar-refractivity contribution in [2.24, 2.45) is 11.3 Å². The molecule has 4 aliphatic rings. The first kappa shape index (κ1) is 24.8. The van der Waals surface area contributed by atoms with Crippen molar-refractivity contribution in [3.05, 3.63) is 29.1 Å². The van der Waals surface area contributed by atoms with Gasteiger partial charge in [-0.05, 0) is 36.8 Å². The third-order valence-corrected chi connectivity index (χ3v) is 8.22. The lowest BCUT2D eigenvalue weighted by Crippen LogP contribution is -2.51. The summed E-state index contributed by atoms with van der Waals surface area (Å²) in [5.74, 6) is -3.79. The maximum Gasteiger partial charge on any atom is 0.417 e. The maximum absolute atomic E-state index is 14.6. The van der Waals surface area contributed by atoms with Crippen molar-refractivity contribution in [2.45, 2.75) is 75.4 Å². The second-order valence-electron chi connectivity index (χ2n) is 10.4. The smallest absolute Gasteiger partial charge is 0.379 e. The predicted molar refractivity (Wildman–Crippen MR) is 115 cm³/mol. The fourth-order valence-electron chi connectivity index (χ4n) is 6.62. The lowest BCUT2D eigenvalue weighted by Gasteiger charge is -2.38. The largest absolute Gasteiger partial charge is 0.417 e.